The van der Waals surface area contributed by atoms with Gasteiger partial charge in [-0.1, -0.05) is 18.2 Å². The summed E-state index contributed by atoms with van der Waals surface area (Å²) in [6.45, 7) is 2.49. The Labute approximate surface area is 113 Å². The van der Waals surface area contributed by atoms with E-state index in [2.05, 4.69) is 28.8 Å². The number of para-hydroxylation sites is 1. The molecule has 3 atom stereocenters. The smallest absolute Gasteiger partial charge is 0.302 e. The summed E-state index contributed by atoms with van der Waals surface area (Å²) in [6, 6.07) is 8.89. The Morgan fingerprint density at radius 3 is 3.00 bits per heavy atom. The van der Waals surface area contributed by atoms with Gasteiger partial charge in [-0.2, -0.15) is 0 Å². The highest BCUT2D eigenvalue weighted by atomic mass is 16.5. The van der Waals surface area contributed by atoms with Crippen LogP contribution < -0.4 is 10.6 Å². The van der Waals surface area contributed by atoms with Crippen LogP contribution >= 0.6 is 0 Å². The molecule has 3 rings (SSSR count). The minimum Gasteiger partial charge on any atom is -0.461 e. The summed E-state index contributed by atoms with van der Waals surface area (Å²) < 4.78 is 5.47. The summed E-state index contributed by atoms with van der Waals surface area (Å²) in [5, 5.41) is 7.07. The maximum atomic E-state index is 11.2. The maximum Gasteiger partial charge on any atom is 0.302 e. The molecule has 0 aromatic heterocycles. The second kappa shape index (κ2) is 5.21. The molecule has 3 unspecified atom stereocenters. The number of hydrogen-bond acceptors (Lipinski definition) is 4. The van der Waals surface area contributed by atoms with E-state index in [0.29, 0.717) is 6.04 Å². The fraction of sp³-hybridized carbons (Fsp3) is 0.533. The van der Waals surface area contributed by atoms with Gasteiger partial charge in [-0.05, 0) is 37.4 Å². The van der Waals surface area contributed by atoms with Crippen LogP contribution in [-0.4, -0.2) is 30.7 Å². The lowest BCUT2D eigenvalue weighted by molar-refractivity contribution is -0.149. The lowest BCUT2D eigenvalue weighted by atomic mass is 9.93. The van der Waals surface area contributed by atoms with Crippen LogP contribution in [0.1, 0.15) is 25.3 Å². The topological polar surface area (TPSA) is 50.4 Å². The predicted molar refractivity (Wildman–Crippen MR) is 74.1 cm³/mol. The minimum atomic E-state index is -0.186. The van der Waals surface area contributed by atoms with E-state index in [1.165, 1.54) is 18.2 Å². The molecule has 0 spiro atoms. The fourth-order valence-electron chi connectivity index (χ4n) is 3.17. The van der Waals surface area contributed by atoms with Crippen molar-refractivity contribution in [1.29, 1.82) is 0 Å². The SMILES string of the molecule is CC(=O)OC1CCCNC1C1Cc2ccccc2N1. The molecule has 0 radical (unpaired) electrons. The van der Waals surface area contributed by atoms with Gasteiger partial charge in [0, 0.05) is 18.7 Å². The normalized spacial score (nSPS) is 29.4. The van der Waals surface area contributed by atoms with E-state index in [1.54, 1.807) is 0 Å². The highest BCUT2D eigenvalue weighted by molar-refractivity contribution is 5.66. The van der Waals surface area contributed by atoms with Gasteiger partial charge in [-0.3, -0.25) is 4.79 Å². The molecule has 1 aromatic rings. The first-order chi connectivity index (χ1) is 9.24. The molecule has 19 heavy (non-hydrogen) atoms. The number of hydrogen-bond donors (Lipinski definition) is 2. The molecule has 0 bridgehead atoms. The number of fused-ring (bicyclic) bond motifs is 1. The number of rotatable bonds is 2. The molecule has 1 fully saturated rings. The molecule has 102 valence electrons. The maximum absolute atomic E-state index is 11.2. The number of benzene rings is 1. The van der Waals surface area contributed by atoms with Crippen molar-refractivity contribution in [3.8, 4) is 0 Å². The van der Waals surface area contributed by atoms with Crippen LogP contribution in [0.15, 0.2) is 24.3 Å². The average molecular weight is 260 g/mol. The van der Waals surface area contributed by atoms with Crippen LogP contribution in [0.3, 0.4) is 0 Å². The van der Waals surface area contributed by atoms with Crippen molar-refractivity contribution in [2.45, 2.75) is 44.4 Å². The Morgan fingerprint density at radius 2 is 2.21 bits per heavy atom. The molecule has 4 nitrogen and oxygen atoms in total. The first-order valence-corrected chi connectivity index (χ1v) is 6.99. The first kappa shape index (κ1) is 12.5. The largest absolute Gasteiger partial charge is 0.461 e. The summed E-state index contributed by atoms with van der Waals surface area (Å²) >= 11 is 0. The fourth-order valence-corrected chi connectivity index (χ4v) is 3.17. The van der Waals surface area contributed by atoms with E-state index in [-0.39, 0.29) is 18.1 Å². The van der Waals surface area contributed by atoms with Crippen LogP contribution in [0.2, 0.25) is 0 Å². The summed E-state index contributed by atoms with van der Waals surface area (Å²) in [5.74, 6) is -0.186. The monoisotopic (exact) mass is 260 g/mol. The van der Waals surface area contributed by atoms with E-state index in [4.69, 9.17) is 4.74 Å². The standard InChI is InChI=1S/C15H20N2O2/c1-10(18)19-14-7-4-8-16-15(14)13-9-11-5-2-3-6-12(11)17-13/h2-3,5-6,13-17H,4,7-9H2,1H3. The number of ether oxygens (including phenoxy) is 1. The number of carbonyl (C=O) groups excluding carboxylic acids is 1. The van der Waals surface area contributed by atoms with Gasteiger partial charge in [0.15, 0.2) is 0 Å². The van der Waals surface area contributed by atoms with E-state index in [0.717, 1.165) is 25.8 Å². The third kappa shape index (κ3) is 2.59. The van der Waals surface area contributed by atoms with Gasteiger partial charge < -0.3 is 15.4 Å². The zero-order chi connectivity index (χ0) is 13.2. The highest BCUT2D eigenvalue weighted by Gasteiger charge is 2.36. The first-order valence-electron chi connectivity index (χ1n) is 6.99. The molecule has 1 saturated heterocycles. The molecule has 0 aliphatic carbocycles. The van der Waals surface area contributed by atoms with Gasteiger partial charge in [0.05, 0.1) is 6.04 Å². The second-order valence-electron chi connectivity index (χ2n) is 5.38. The molecule has 2 aliphatic rings. The highest BCUT2D eigenvalue weighted by Crippen LogP contribution is 2.29. The Kier molecular flexibility index (Phi) is 3.42. The zero-order valence-corrected chi connectivity index (χ0v) is 11.2. The summed E-state index contributed by atoms with van der Waals surface area (Å²) in [5.41, 5.74) is 2.56. The van der Waals surface area contributed by atoms with Crippen molar-refractivity contribution in [3.05, 3.63) is 29.8 Å². The second-order valence-corrected chi connectivity index (χ2v) is 5.38. The third-order valence-electron chi connectivity index (χ3n) is 3.99. The Balaban J connectivity index is 1.73. The lowest BCUT2D eigenvalue weighted by Gasteiger charge is -2.35. The van der Waals surface area contributed by atoms with Crippen molar-refractivity contribution in [3.63, 3.8) is 0 Å². The van der Waals surface area contributed by atoms with E-state index in [9.17, 15) is 4.79 Å². The van der Waals surface area contributed by atoms with E-state index in [1.807, 2.05) is 6.07 Å². The quantitative estimate of drug-likeness (QED) is 0.795. The molecule has 0 amide bonds. The predicted octanol–water partition coefficient (Wildman–Crippen LogP) is 1.71. The molecular weight excluding hydrogens is 240 g/mol. The van der Waals surface area contributed by atoms with E-state index < -0.39 is 0 Å². The molecule has 2 heterocycles. The van der Waals surface area contributed by atoms with Crippen LogP contribution in [0, 0.1) is 0 Å². The van der Waals surface area contributed by atoms with E-state index >= 15 is 0 Å². The van der Waals surface area contributed by atoms with Crippen LogP contribution in [0.4, 0.5) is 5.69 Å². The molecule has 4 heteroatoms. The zero-order valence-electron chi connectivity index (χ0n) is 11.2. The average Bonchev–Trinajstić information content (AvgIpc) is 2.82. The summed E-state index contributed by atoms with van der Waals surface area (Å²) in [4.78, 5) is 11.2. The van der Waals surface area contributed by atoms with Crippen molar-refractivity contribution >= 4 is 11.7 Å². The number of esters is 1. The molecule has 2 aliphatic heterocycles. The number of anilines is 1. The number of carbonyl (C=O) groups is 1. The van der Waals surface area contributed by atoms with Gasteiger partial charge >= 0.3 is 5.97 Å². The van der Waals surface area contributed by atoms with Crippen LogP contribution in [-0.2, 0) is 16.0 Å². The van der Waals surface area contributed by atoms with Crippen molar-refractivity contribution in [2.24, 2.45) is 0 Å². The Bertz CT molecular complexity index is 450. The van der Waals surface area contributed by atoms with Gasteiger partial charge in [0.2, 0.25) is 0 Å². The van der Waals surface area contributed by atoms with Crippen molar-refractivity contribution < 1.29 is 9.53 Å². The van der Waals surface area contributed by atoms with Gasteiger partial charge in [-0.15, -0.1) is 0 Å². The minimum absolute atomic E-state index is 0.0157. The summed E-state index contributed by atoms with van der Waals surface area (Å²) in [6.07, 6.45) is 2.99. The molecule has 1 aromatic carbocycles. The van der Waals surface area contributed by atoms with Crippen LogP contribution in [0.25, 0.3) is 0 Å². The van der Waals surface area contributed by atoms with Crippen molar-refractivity contribution in [1.82, 2.24) is 5.32 Å². The number of piperidine rings is 1. The molecule has 0 saturated carbocycles. The van der Waals surface area contributed by atoms with Gasteiger partial charge in [0.1, 0.15) is 6.10 Å². The van der Waals surface area contributed by atoms with Crippen molar-refractivity contribution in [2.75, 3.05) is 11.9 Å². The van der Waals surface area contributed by atoms with Gasteiger partial charge in [-0.25, -0.2) is 0 Å². The van der Waals surface area contributed by atoms with Gasteiger partial charge in [0.25, 0.3) is 0 Å². The third-order valence-corrected chi connectivity index (χ3v) is 3.99. The lowest BCUT2D eigenvalue weighted by Crippen LogP contribution is -2.55. The Hall–Kier alpha value is -1.55. The molecular formula is C15H20N2O2. The summed E-state index contributed by atoms with van der Waals surface area (Å²) in [7, 11) is 0. The number of nitrogens with one attached hydrogen (secondary N) is 2. The Morgan fingerprint density at radius 1 is 1.37 bits per heavy atom. The van der Waals surface area contributed by atoms with Crippen LogP contribution in [0.5, 0.6) is 0 Å². The molecule has 2 N–H and O–H groups in total.